The lowest BCUT2D eigenvalue weighted by Crippen LogP contribution is -2.26. The summed E-state index contributed by atoms with van der Waals surface area (Å²) in [5.74, 6) is 1.73. The van der Waals surface area contributed by atoms with Crippen LogP contribution in [0.4, 0.5) is 5.82 Å². The van der Waals surface area contributed by atoms with E-state index in [4.69, 9.17) is 5.73 Å². The van der Waals surface area contributed by atoms with Gasteiger partial charge in [0.15, 0.2) is 0 Å². The SMILES string of the molecule is CCN(CC)CCc1nc(N)c(Br)c(C(C)C)n1. The normalized spacial score (nSPS) is 11.5. The molecule has 1 aromatic heterocycles. The lowest BCUT2D eigenvalue weighted by atomic mass is 10.1. The summed E-state index contributed by atoms with van der Waals surface area (Å²) in [6, 6.07) is 0. The van der Waals surface area contributed by atoms with Gasteiger partial charge in [0, 0.05) is 13.0 Å². The molecule has 0 amide bonds. The van der Waals surface area contributed by atoms with Crippen LogP contribution in [-0.2, 0) is 6.42 Å². The zero-order valence-electron chi connectivity index (χ0n) is 11.7. The minimum Gasteiger partial charge on any atom is -0.383 e. The zero-order chi connectivity index (χ0) is 13.7. The maximum atomic E-state index is 5.92. The lowest BCUT2D eigenvalue weighted by Gasteiger charge is -2.18. The van der Waals surface area contributed by atoms with Gasteiger partial charge in [0.25, 0.3) is 0 Å². The van der Waals surface area contributed by atoms with Crippen molar-refractivity contribution >= 4 is 21.7 Å². The first-order chi connectivity index (χ1) is 8.49. The van der Waals surface area contributed by atoms with Crippen molar-refractivity contribution in [1.29, 1.82) is 0 Å². The van der Waals surface area contributed by atoms with E-state index in [0.29, 0.717) is 11.7 Å². The average Bonchev–Trinajstić information content (AvgIpc) is 2.34. The predicted octanol–water partition coefficient (Wildman–Crippen LogP) is 2.83. The molecule has 0 saturated heterocycles. The van der Waals surface area contributed by atoms with Gasteiger partial charge in [-0.05, 0) is 34.9 Å². The quantitative estimate of drug-likeness (QED) is 0.877. The highest BCUT2D eigenvalue weighted by molar-refractivity contribution is 9.10. The summed E-state index contributed by atoms with van der Waals surface area (Å²) < 4.78 is 0.837. The molecule has 0 aliphatic heterocycles. The summed E-state index contributed by atoms with van der Waals surface area (Å²) >= 11 is 3.46. The molecule has 0 bridgehead atoms. The van der Waals surface area contributed by atoms with Gasteiger partial charge >= 0.3 is 0 Å². The predicted molar refractivity (Wildman–Crippen MR) is 79.7 cm³/mol. The Bertz CT molecular complexity index is 389. The molecular weight excluding hydrogens is 292 g/mol. The van der Waals surface area contributed by atoms with E-state index in [1.54, 1.807) is 0 Å². The van der Waals surface area contributed by atoms with Gasteiger partial charge in [-0.15, -0.1) is 0 Å². The largest absolute Gasteiger partial charge is 0.383 e. The fourth-order valence-corrected chi connectivity index (χ4v) is 2.46. The third-order valence-corrected chi connectivity index (χ3v) is 3.85. The van der Waals surface area contributed by atoms with Crippen LogP contribution in [0.2, 0.25) is 0 Å². The van der Waals surface area contributed by atoms with Crippen molar-refractivity contribution in [2.45, 2.75) is 40.0 Å². The molecule has 0 saturated carbocycles. The van der Waals surface area contributed by atoms with Crippen LogP contribution in [0.3, 0.4) is 0 Å². The molecule has 0 aromatic carbocycles. The second-order valence-corrected chi connectivity index (χ2v) is 5.45. The molecule has 4 nitrogen and oxygen atoms in total. The standard InChI is InChI=1S/C13H23BrN4/c1-5-18(6-2)8-7-10-16-12(9(3)4)11(14)13(15)17-10/h9H,5-8H2,1-4H3,(H2,15,16,17). The van der Waals surface area contributed by atoms with Crippen LogP contribution in [0.15, 0.2) is 4.47 Å². The highest BCUT2D eigenvalue weighted by atomic mass is 79.9. The van der Waals surface area contributed by atoms with Crippen molar-refractivity contribution in [1.82, 2.24) is 14.9 Å². The molecular formula is C13H23BrN4. The number of likely N-dealkylation sites (N-methyl/N-ethyl adjacent to an activating group) is 1. The highest BCUT2D eigenvalue weighted by Gasteiger charge is 2.13. The Morgan fingerprint density at radius 3 is 2.33 bits per heavy atom. The van der Waals surface area contributed by atoms with Crippen molar-refractivity contribution < 1.29 is 0 Å². The van der Waals surface area contributed by atoms with E-state index in [9.17, 15) is 0 Å². The Hall–Kier alpha value is -0.680. The Labute approximate surface area is 118 Å². The Morgan fingerprint density at radius 1 is 1.22 bits per heavy atom. The smallest absolute Gasteiger partial charge is 0.141 e. The fraction of sp³-hybridized carbons (Fsp3) is 0.692. The summed E-state index contributed by atoms with van der Waals surface area (Å²) in [4.78, 5) is 11.3. The number of aromatic nitrogens is 2. The second-order valence-electron chi connectivity index (χ2n) is 4.66. The maximum Gasteiger partial charge on any atom is 0.141 e. The van der Waals surface area contributed by atoms with Crippen molar-refractivity contribution in [2.75, 3.05) is 25.4 Å². The molecule has 5 heteroatoms. The fourth-order valence-electron chi connectivity index (χ4n) is 1.82. The van der Waals surface area contributed by atoms with Crippen LogP contribution < -0.4 is 5.73 Å². The summed E-state index contributed by atoms with van der Waals surface area (Å²) in [6.07, 6.45) is 0.846. The molecule has 0 aliphatic carbocycles. The first-order valence-corrected chi connectivity index (χ1v) is 7.32. The number of hydrogen-bond donors (Lipinski definition) is 1. The summed E-state index contributed by atoms with van der Waals surface area (Å²) in [6.45, 7) is 11.6. The van der Waals surface area contributed by atoms with Gasteiger partial charge in [-0.25, -0.2) is 9.97 Å². The van der Waals surface area contributed by atoms with E-state index in [1.165, 1.54) is 0 Å². The summed E-state index contributed by atoms with van der Waals surface area (Å²) in [7, 11) is 0. The van der Waals surface area contributed by atoms with Crippen LogP contribution >= 0.6 is 15.9 Å². The van der Waals surface area contributed by atoms with Crippen LogP contribution in [0.25, 0.3) is 0 Å². The van der Waals surface area contributed by atoms with E-state index in [0.717, 1.165) is 42.0 Å². The van der Waals surface area contributed by atoms with Crippen LogP contribution in [0, 0.1) is 0 Å². The minimum atomic E-state index is 0.344. The molecule has 2 N–H and O–H groups in total. The number of nitrogens with zero attached hydrogens (tertiary/aromatic N) is 3. The molecule has 1 aromatic rings. The van der Waals surface area contributed by atoms with Gasteiger partial charge in [0.05, 0.1) is 10.2 Å². The Kier molecular flexibility index (Phi) is 6.02. The van der Waals surface area contributed by atoms with Crippen LogP contribution in [-0.4, -0.2) is 34.5 Å². The van der Waals surface area contributed by atoms with E-state index >= 15 is 0 Å². The molecule has 0 fully saturated rings. The van der Waals surface area contributed by atoms with Gasteiger partial charge in [-0.2, -0.15) is 0 Å². The molecule has 0 aliphatic rings. The molecule has 0 atom stereocenters. The monoisotopic (exact) mass is 314 g/mol. The van der Waals surface area contributed by atoms with E-state index < -0.39 is 0 Å². The number of nitrogen functional groups attached to an aromatic ring is 1. The van der Waals surface area contributed by atoms with E-state index in [1.807, 2.05) is 0 Å². The van der Waals surface area contributed by atoms with Crippen LogP contribution in [0.5, 0.6) is 0 Å². The van der Waals surface area contributed by atoms with Crippen molar-refractivity contribution in [3.05, 3.63) is 16.0 Å². The molecule has 102 valence electrons. The van der Waals surface area contributed by atoms with Gasteiger partial charge in [-0.3, -0.25) is 0 Å². The molecule has 0 spiro atoms. The second kappa shape index (κ2) is 7.04. The van der Waals surface area contributed by atoms with Crippen molar-refractivity contribution in [2.24, 2.45) is 0 Å². The maximum absolute atomic E-state index is 5.92. The summed E-state index contributed by atoms with van der Waals surface area (Å²) in [5.41, 5.74) is 6.92. The molecule has 18 heavy (non-hydrogen) atoms. The highest BCUT2D eigenvalue weighted by Crippen LogP contribution is 2.26. The van der Waals surface area contributed by atoms with Crippen molar-refractivity contribution in [3.63, 3.8) is 0 Å². The van der Waals surface area contributed by atoms with Crippen molar-refractivity contribution in [3.8, 4) is 0 Å². The van der Waals surface area contributed by atoms with E-state index in [-0.39, 0.29) is 0 Å². The number of hydrogen-bond acceptors (Lipinski definition) is 4. The number of anilines is 1. The molecule has 1 heterocycles. The third kappa shape index (κ3) is 3.92. The molecule has 0 radical (unpaired) electrons. The van der Waals surface area contributed by atoms with Gasteiger partial charge < -0.3 is 10.6 Å². The first kappa shape index (κ1) is 15.4. The topological polar surface area (TPSA) is 55.0 Å². The average molecular weight is 315 g/mol. The summed E-state index contributed by atoms with van der Waals surface area (Å²) in [5, 5.41) is 0. The number of nitrogens with two attached hydrogens (primary N) is 1. The number of rotatable bonds is 6. The third-order valence-electron chi connectivity index (χ3n) is 3.04. The van der Waals surface area contributed by atoms with Crippen LogP contribution in [0.1, 0.15) is 45.1 Å². The zero-order valence-corrected chi connectivity index (χ0v) is 13.3. The molecule has 1 rings (SSSR count). The van der Waals surface area contributed by atoms with Gasteiger partial charge in [0.1, 0.15) is 11.6 Å². The Morgan fingerprint density at radius 2 is 1.83 bits per heavy atom. The van der Waals surface area contributed by atoms with E-state index in [2.05, 4.69) is 58.5 Å². The minimum absolute atomic E-state index is 0.344. The first-order valence-electron chi connectivity index (χ1n) is 6.53. The Balaban J connectivity index is 2.84. The van der Waals surface area contributed by atoms with Gasteiger partial charge in [-0.1, -0.05) is 27.7 Å². The lowest BCUT2D eigenvalue weighted by molar-refractivity contribution is 0.305. The number of halogens is 1. The molecule has 0 unspecified atom stereocenters. The van der Waals surface area contributed by atoms with Gasteiger partial charge in [0.2, 0.25) is 0 Å².